The molecule has 0 aliphatic heterocycles. The highest BCUT2D eigenvalue weighted by atomic mass is 16.5. The summed E-state index contributed by atoms with van der Waals surface area (Å²) in [6, 6.07) is 23.0. The number of amides is 2. The number of nitrogens with zero attached hydrogens (tertiary/aromatic N) is 1. The molecule has 5 nitrogen and oxygen atoms in total. The van der Waals surface area contributed by atoms with Crippen LogP contribution in [0.15, 0.2) is 72.8 Å². The van der Waals surface area contributed by atoms with Gasteiger partial charge in [-0.25, -0.2) is 0 Å². The average molecular weight is 473 g/mol. The van der Waals surface area contributed by atoms with Crippen LogP contribution in [0.5, 0.6) is 5.75 Å². The lowest BCUT2D eigenvalue weighted by Crippen LogP contribution is -2.51. The van der Waals surface area contributed by atoms with Crippen LogP contribution in [-0.4, -0.2) is 35.9 Å². The van der Waals surface area contributed by atoms with Crippen molar-refractivity contribution >= 4 is 11.8 Å². The molecule has 1 unspecified atom stereocenters. The predicted molar refractivity (Wildman–Crippen MR) is 140 cm³/mol. The molecule has 184 valence electrons. The van der Waals surface area contributed by atoms with Gasteiger partial charge in [0, 0.05) is 19.5 Å². The van der Waals surface area contributed by atoms with Gasteiger partial charge >= 0.3 is 0 Å². The molecule has 0 spiro atoms. The first-order valence-electron chi connectivity index (χ1n) is 12.2. The van der Waals surface area contributed by atoms with Gasteiger partial charge < -0.3 is 15.0 Å². The maximum Gasteiger partial charge on any atom is 0.261 e. The lowest BCUT2D eigenvalue weighted by molar-refractivity contribution is -0.142. The molecule has 0 saturated heterocycles. The number of nitrogens with one attached hydrogen (secondary N) is 1. The summed E-state index contributed by atoms with van der Waals surface area (Å²) in [5, 5.41) is 3.00. The van der Waals surface area contributed by atoms with Gasteiger partial charge in [0.05, 0.1) is 0 Å². The molecule has 0 heterocycles. The highest BCUT2D eigenvalue weighted by molar-refractivity contribution is 5.88. The summed E-state index contributed by atoms with van der Waals surface area (Å²) in [4.78, 5) is 28.6. The fourth-order valence-electron chi connectivity index (χ4n) is 3.96. The van der Waals surface area contributed by atoms with Crippen LogP contribution >= 0.6 is 0 Å². The Morgan fingerprint density at radius 1 is 0.886 bits per heavy atom. The van der Waals surface area contributed by atoms with Gasteiger partial charge in [-0.3, -0.25) is 9.59 Å². The summed E-state index contributed by atoms with van der Waals surface area (Å²) in [5.74, 6) is 0.271. The summed E-state index contributed by atoms with van der Waals surface area (Å²) in [6.07, 6.45) is 1.25. The van der Waals surface area contributed by atoms with Crippen molar-refractivity contribution in [2.75, 3.05) is 13.2 Å². The van der Waals surface area contributed by atoms with Crippen LogP contribution in [-0.2, 0) is 22.6 Å². The van der Waals surface area contributed by atoms with Gasteiger partial charge in [0.15, 0.2) is 6.61 Å². The Hall–Kier alpha value is -3.60. The first kappa shape index (κ1) is 26.0. The van der Waals surface area contributed by atoms with Gasteiger partial charge in [0.2, 0.25) is 5.91 Å². The Kier molecular flexibility index (Phi) is 9.47. The van der Waals surface area contributed by atoms with Crippen LogP contribution in [0.25, 0.3) is 0 Å². The number of rotatable bonds is 11. The van der Waals surface area contributed by atoms with Crippen molar-refractivity contribution in [3.05, 3.63) is 101 Å². The van der Waals surface area contributed by atoms with Crippen LogP contribution in [0.2, 0.25) is 0 Å². The quantitative estimate of drug-likeness (QED) is 0.420. The van der Waals surface area contributed by atoms with Gasteiger partial charge in [-0.15, -0.1) is 0 Å². The second-order valence-electron chi connectivity index (χ2n) is 9.04. The fraction of sp³-hybridized carbons (Fsp3) is 0.333. The molecule has 3 aromatic carbocycles. The Morgan fingerprint density at radius 2 is 1.63 bits per heavy atom. The van der Waals surface area contributed by atoms with Crippen molar-refractivity contribution < 1.29 is 14.3 Å². The molecule has 0 aromatic heterocycles. The van der Waals surface area contributed by atoms with Crippen LogP contribution in [0, 0.1) is 20.8 Å². The van der Waals surface area contributed by atoms with Crippen LogP contribution in [0.3, 0.4) is 0 Å². The minimum Gasteiger partial charge on any atom is -0.484 e. The first-order valence-corrected chi connectivity index (χ1v) is 12.2. The minimum absolute atomic E-state index is 0.138. The second-order valence-corrected chi connectivity index (χ2v) is 9.04. The summed E-state index contributed by atoms with van der Waals surface area (Å²) in [7, 11) is 0. The standard InChI is InChI=1S/C30H36N2O3/c1-5-16-31-30(34)28(19-25-11-7-6-8-12-25)32(20-26-13-9-10-22(2)17-26)29(33)21-35-27-15-14-23(3)24(4)18-27/h6-15,17-18,28H,5,16,19-21H2,1-4H3,(H,31,34). The number of ether oxygens (including phenoxy) is 1. The van der Waals surface area contributed by atoms with Crippen LogP contribution in [0.4, 0.5) is 0 Å². The number of benzene rings is 3. The van der Waals surface area contributed by atoms with E-state index < -0.39 is 6.04 Å². The maximum atomic E-state index is 13.6. The summed E-state index contributed by atoms with van der Waals surface area (Å²) >= 11 is 0. The van der Waals surface area contributed by atoms with Crippen molar-refractivity contribution in [1.82, 2.24) is 10.2 Å². The zero-order chi connectivity index (χ0) is 25.2. The van der Waals surface area contributed by atoms with E-state index in [0.29, 0.717) is 25.3 Å². The molecular weight excluding hydrogens is 436 g/mol. The summed E-state index contributed by atoms with van der Waals surface area (Å²) in [6.45, 7) is 8.84. The SMILES string of the molecule is CCCNC(=O)C(Cc1ccccc1)N(Cc1cccc(C)c1)C(=O)COc1ccc(C)c(C)c1. The largest absolute Gasteiger partial charge is 0.484 e. The zero-order valence-corrected chi connectivity index (χ0v) is 21.2. The minimum atomic E-state index is -0.652. The van der Waals surface area contributed by atoms with Crippen molar-refractivity contribution in [3.8, 4) is 5.75 Å². The van der Waals surface area contributed by atoms with Crippen molar-refractivity contribution in [1.29, 1.82) is 0 Å². The lowest BCUT2D eigenvalue weighted by atomic mass is 10.0. The molecule has 5 heteroatoms. The van der Waals surface area contributed by atoms with Gasteiger partial charge in [0.25, 0.3) is 5.91 Å². The molecule has 35 heavy (non-hydrogen) atoms. The molecule has 0 bridgehead atoms. The number of carbonyl (C=O) groups is 2. The fourth-order valence-corrected chi connectivity index (χ4v) is 3.96. The Morgan fingerprint density at radius 3 is 2.31 bits per heavy atom. The molecule has 3 aromatic rings. The van der Waals surface area contributed by atoms with Gasteiger partial charge in [-0.2, -0.15) is 0 Å². The average Bonchev–Trinajstić information content (AvgIpc) is 2.86. The number of carbonyl (C=O) groups excluding carboxylic acids is 2. The Labute approximate surface area is 209 Å². The second kappa shape index (κ2) is 12.7. The van der Waals surface area contributed by atoms with Gasteiger partial charge in [0.1, 0.15) is 11.8 Å². The van der Waals surface area contributed by atoms with Gasteiger partial charge in [-0.1, -0.05) is 73.2 Å². The third-order valence-corrected chi connectivity index (χ3v) is 6.10. The van der Waals surface area contributed by atoms with E-state index in [1.54, 1.807) is 4.90 Å². The summed E-state index contributed by atoms with van der Waals surface area (Å²) < 4.78 is 5.88. The predicted octanol–water partition coefficient (Wildman–Crippen LogP) is 5.16. The molecule has 1 N–H and O–H groups in total. The third kappa shape index (κ3) is 7.71. The monoisotopic (exact) mass is 472 g/mol. The number of aryl methyl sites for hydroxylation is 3. The van der Waals surface area contributed by atoms with Crippen LogP contribution in [0.1, 0.15) is 41.2 Å². The van der Waals surface area contributed by atoms with E-state index in [1.165, 1.54) is 5.56 Å². The van der Waals surface area contributed by atoms with Gasteiger partial charge in [-0.05, 0) is 61.6 Å². The normalized spacial score (nSPS) is 11.5. The third-order valence-electron chi connectivity index (χ3n) is 6.10. The molecule has 3 rings (SSSR count). The molecule has 0 aliphatic rings. The Balaban J connectivity index is 1.89. The van der Waals surface area contributed by atoms with E-state index in [2.05, 4.69) is 5.32 Å². The maximum absolute atomic E-state index is 13.6. The number of hydrogen-bond donors (Lipinski definition) is 1. The molecule has 1 atom stereocenters. The molecule has 0 saturated carbocycles. The molecule has 0 radical (unpaired) electrons. The molecule has 0 aliphatic carbocycles. The highest BCUT2D eigenvalue weighted by Gasteiger charge is 2.30. The van der Waals surface area contributed by atoms with Crippen LogP contribution < -0.4 is 10.1 Å². The van der Waals surface area contributed by atoms with E-state index in [4.69, 9.17) is 4.74 Å². The summed E-state index contributed by atoms with van der Waals surface area (Å²) in [5.41, 5.74) is 5.36. The van der Waals surface area contributed by atoms with Crippen molar-refractivity contribution in [3.63, 3.8) is 0 Å². The highest BCUT2D eigenvalue weighted by Crippen LogP contribution is 2.19. The van der Waals surface area contributed by atoms with E-state index in [-0.39, 0.29) is 18.4 Å². The Bertz CT molecular complexity index is 1130. The van der Waals surface area contributed by atoms with E-state index >= 15 is 0 Å². The van der Waals surface area contributed by atoms with E-state index in [1.807, 2.05) is 100 Å². The topological polar surface area (TPSA) is 58.6 Å². The van der Waals surface area contributed by atoms with E-state index in [9.17, 15) is 9.59 Å². The van der Waals surface area contributed by atoms with Crippen molar-refractivity contribution in [2.45, 2.75) is 53.1 Å². The lowest BCUT2D eigenvalue weighted by Gasteiger charge is -2.31. The van der Waals surface area contributed by atoms with E-state index in [0.717, 1.165) is 28.7 Å². The molecule has 2 amide bonds. The molecular formula is C30H36N2O3. The smallest absolute Gasteiger partial charge is 0.261 e. The molecule has 0 fully saturated rings. The first-order chi connectivity index (χ1) is 16.9. The zero-order valence-electron chi connectivity index (χ0n) is 21.2. The van der Waals surface area contributed by atoms with Crippen molar-refractivity contribution in [2.24, 2.45) is 0 Å². The number of hydrogen-bond acceptors (Lipinski definition) is 3.